The molecule has 25 heteroatoms. The van der Waals surface area contributed by atoms with Crippen molar-refractivity contribution in [1.82, 2.24) is 23.7 Å². The highest BCUT2D eigenvalue weighted by atomic mass is 32.3. The van der Waals surface area contributed by atoms with Crippen molar-refractivity contribution in [3.63, 3.8) is 0 Å². The Morgan fingerprint density at radius 3 is 1.69 bits per heavy atom. The molecule has 55 heavy (non-hydrogen) atoms. The van der Waals surface area contributed by atoms with Gasteiger partial charge in [-0.3, -0.25) is 28.1 Å². The first-order valence-electron chi connectivity index (χ1n) is 16.5. The summed E-state index contributed by atoms with van der Waals surface area (Å²) < 4.78 is 66.4. The number of aromatic nitrogens is 6. The number of azo groups is 2. The molecule has 7 heterocycles. The second kappa shape index (κ2) is 19.5. The first-order valence-corrected chi connectivity index (χ1v) is 20.5. The molecule has 0 saturated carbocycles. The molecule has 0 spiro atoms. The number of ether oxygens (including phenoxy) is 1. The Hall–Kier alpha value is -5.02. The van der Waals surface area contributed by atoms with Gasteiger partial charge in [-0.15, -0.1) is 24.8 Å². The fourth-order valence-corrected chi connectivity index (χ4v) is 4.81. The van der Waals surface area contributed by atoms with Crippen LogP contribution in [0.2, 0.25) is 0 Å². The monoisotopic (exact) mass is 814 g/mol. The minimum Gasteiger partial charge on any atom is -0.726 e. The number of rotatable bonds is 6. The highest BCUT2D eigenvalue weighted by molar-refractivity contribution is 8.09. The van der Waals surface area contributed by atoms with Gasteiger partial charge >= 0.3 is 0 Å². The van der Waals surface area contributed by atoms with Crippen LogP contribution in [0.25, 0.3) is 0 Å². The summed E-state index contributed by atoms with van der Waals surface area (Å²) in [6.45, 7) is 4.89. The summed E-state index contributed by atoms with van der Waals surface area (Å²) in [5.74, 6) is 0.775. The van der Waals surface area contributed by atoms with Crippen molar-refractivity contribution in [2.45, 2.75) is 51.9 Å². The van der Waals surface area contributed by atoms with Crippen molar-refractivity contribution in [1.29, 1.82) is 0 Å². The van der Waals surface area contributed by atoms with E-state index in [-0.39, 0.29) is 22.5 Å². The lowest BCUT2D eigenvalue weighted by Gasteiger charge is -2.20. The number of nitrogens with zero attached hydrogens (tertiary/aromatic N) is 10. The Kier molecular flexibility index (Phi) is 15.8. The zero-order valence-corrected chi connectivity index (χ0v) is 32.3. The summed E-state index contributed by atoms with van der Waals surface area (Å²) >= 11 is 0. The standard InChI is InChI=1S/C12H14N6O.C11H12N6O.C4H8O.C2H8O4S.CH4O4S/c1-16-5-2-4-9(8-16)14-15-10-11(13)17-6-3-7-18(17)12(10)19;12-10-9(11(18)17-6-2-5-16(10)17)15-14-8-3-1-4-13-7-8;1-2-4-5-3-1;1-7(2,4,5)6-3;1-5-6(2,3)4/h2,4-5,8H,3,6-7H2,1H3,(H-,13,14,19);1,3-4,7H,2,5-6,12H2;1-4H2;3H,1-2H3,(H,4,5);1H3,(H,2,3,4). The van der Waals surface area contributed by atoms with Gasteiger partial charge in [-0.25, -0.2) is 31.8 Å². The second-order valence-electron chi connectivity index (χ2n) is 12.2. The third-order valence-corrected chi connectivity index (χ3v) is 8.16. The molecule has 0 aliphatic carbocycles. The Balaban J connectivity index is 0.000000207. The smallest absolute Gasteiger partial charge is 0.296 e. The van der Waals surface area contributed by atoms with Crippen LogP contribution in [-0.2, 0) is 66.5 Å². The van der Waals surface area contributed by atoms with Crippen molar-refractivity contribution in [3.8, 4) is 0 Å². The number of nitrogen functional groups attached to an aromatic ring is 2. The van der Waals surface area contributed by atoms with Crippen LogP contribution in [0, 0.1) is 0 Å². The SMILES string of the molecule is C1CCOC1.COS(=O)(=O)[O-].CS(C)(=O)(O)OO.C[n+]1cccc(N=Nc2c(N)n3n(c2=O)CCC3)c1.Nc1c(N=Nc2cccnc2)c(=O)n2n1CCC2. The molecule has 1 saturated heterocycles. The van der Waals surface area contributed by atoms with E-state index < -0.39 is 20.0 Å². The van der Waals surface area contributed by atoms with Crippen molar-refractivity contribution < 1.29 is 44.8 Å². The number of hydrogen-bond acceptors (Lipinski definition) is 17. The van der Waals surface area contributed by atoms with Crippen LogP contribution in [0.4, 0.5) is 34.4 Å². The Bertz CT molecular complexity index is 2220. The largest absolute Gasteiger partial charge is 0.726 e. The van der Waals surface area contributed by atoms with Gasteiger partial charge in [-0.2, -0.15) is 0 Å². The summed E-state index contributed by atoms with van der Waals surface area (Å²) in [4.78, 5) is 28.0. The maximum absolute atomic E-state index is 12.1. The third-order valence-electron chi connectivity index (χ3n) is 7.32. The number of fused-ring (bicyclic) bond motifs is 2. The lowest BCUT2D eigenvalue weighted by molar-refractivity contribution is -0.670. The average molecular weight is 815 g/mol. The number of hydrogen-bond donors (Lipinski definition) is 4. The molecule has 0 aromatic carbocycles. The van der Waals surface area contributed by atoms with Crippen LogP contribution in [0.5, 0.6) is 0 Å². The van der Waals surface area contributed by atoms with E-state index in [1.54, 1.807) is 43.3 Å². The van der Waals surface area contributed by atoms with Gasteiger partial charge in [0, 0.05) is 64.2 Å². The molecule has 304 valence electrons. The molecular formula is C30H46N12O11S2. The maximum atomic E-state index is 12.1. The Morgan fingerprint density at radius 1 is 0.873 bits per heavy atom. The van der Waals surface area contributed by atoms with Crippen molar-refractivity contribution >= 4 is 54.4 Å². The van der Waals surface area contributed by atoms with E-state index in [4.69, 9.17) is 26.0 Å². The normalized spacial score (nSPS) is 15.3. The van der Waals surface area contributed by atoms with E-state index in [1.807, 2.05) is 36.1 Å². The first kappa shape index (κ1) is 44.4. The van der Waals surface area contributed by atoms with E-state index in [9.17, 15) is 26.8 Å². The molecule has 0 atom stereocenters. The molecule has 7 rings (SSSR count). The number of pyridine rings is 2. The summed E-state index contributed by atoms with van der Waals surface area (Å²) in [5, 5.41) is 23.6. The summed E-state index contributed by atoms with van der Waals surface area (Å²) in [5.41, 5.74) is 13.2. The van der Waals surface area contributed by atoms with E-state index in [2.05, 4.69) is 34.0 Å². The predicted octanol–water partition coefficient (Wildman–Crippen LogP) is 2.16. The average Bonchev–Trinajstić information content (AvgIpc) is 3.99. The third kappa shape index (κ3) is 14.3. The van der Waals surface area contributed by atoms with Gasteiger partial charge in [-0.1, -0.05) is 0 Å². The molecule has 0 radical (unpaired) electrons. The highest BCUT2D eigenvalue weighted by Gasteiger charge is 2.22. The molecule has 3 aliphatic rings. The van der Waals surface area contributed by atoms with Gasteiger partial charge < -0.3 is 25.3 Å². The second-order valence-corrected chi connectivity index (χ2v) is 16.9. The van der Waals surface area contributed by atoms with E-state index >= 15 is 0 Å². The van der Waals surface area contributed by atoms with E-state index in [0.29, 0.717) is 36.1 Å². The van der Waals surface area contributed by atoms with E-state index in [0.717, 1.165) is 58.8 Å². The summed E-state index contributed by atoms with van der Waals surface area (Å²) in [6.07, 6.45) is 13.2. The molecule has 0 unspecified atom stereocenters. The quantitative estimate of drug-likeness (QED) is 0.0542. The van der Waals surface area contributed by atoms with Crippen LogP contribution in [0.15, 0.2) is 79.1 Å². The zero-order valence-electron chi connectivity index (χ0n) is 30.7. The minimum absolute atomic E-state index is 0.168. The predicted molar refractivity (Wildman–Crippen MR) is 199 cm³/mol. The van der Waals surface area contributed by atoms with Gasteiger partial charge in [0.15, 0.2) is 35.4 Å². The first-order chi connectivity index (χ1) is 25.8. The van der Waals surface area contributed by atoms with Gasteiger partial charge in [0.1, 0.15) is 28.0 Å². The summed E-state index contributed by atoms with van der Waals surface area (Å²) in [6, 6.07) is 7.20. The minimum atomic E-state index is -4.41. The van der Waals surface area contributed by atoms with Crippen molar-refractivity contribution in [2.24, 2.45) is 27.5 Å². The molecule has 0 amide bonds. The Labute approximate surface area is 315 Å². The molecule has 3 aliphatic heterocycles. The van der Waals surface area contributed by atoms with Crippen molar-refractivity contribution in [3.05, 3.63) is 69.8 Å². The lowest BCUT2D eigenvalue weighted by Crippen LogP contribution is -2.29. The Morgan fingerprint density at radius 2 is 1.33 bits per heavy atom. The van der Waals surface area contributed by atoms with Gasteiger partial charge in [0.05, 0.1) is 13.3 Å². The van der Waals surface area contributed by atoms with Gasteiger partial charge in [-0.05, 0) is 43.9 Å². The van der Waals surface area contributed by atoms with Crippen LogP contribution in [0.1, 0.15) is 25.7 Å². The number of nitrogens with two attached hydrogens (primary N) is 2. The van der Waals surface area contributed by atoms with Crippen LogP contribution in [-0.4, -0.2) is 83.5 Å². The lowest BCUT2D eigenvalue weighted by atomic mass is 10.4. The van der Waals surface area contributed by atoms with Crippen LogP contribution in [0.3, 0.4) is 0 Å². The van der Waals surface area contributed by atoms with Gasteiger partial charge in [0.25, 0.3) is 11.1 Å². The fraction of sp³-hybridized carbons (Fsp3) is 0.467. The number of aryl methyl sites for hydroxylation is 1. The van der Waals surface area contributed by atoms with Gasteiger partial charge in [0.2, 0.25) is 10.4 Å². The molecule has 4 aromatic rings. The highest BCUT2D eigenvalue weighted by Crippen LogP contribution is 2.25. The van der Waals surface area contributed by atoms with Crippen molar-refractivity contribution in [2.75, 3.05) is 44.3 Å². The number of anilines is 2. The molecule has 1 fully saturated rings. The molecule has 6 N–H and O–H groups in total. The molecule has 23 nitrogen and oxygen atoms in total. The van der Waals surface area contributed by atoms with E-state index in [1.165, 1.54) is 12.8 Å². The topological polar surface area (TPSA) is 315 Å². The fourth-order valence-electron chi connectivity index (χ4n) is 4.81. The molecular weight excluding hydrogens is 769 g/mol. The van der Waals surface area contributed by atoms with Crippen LogP contribution < -0.4 is 27.2 Å². The zero-order chi connectivity index (χ0) is 40.8. The maximum Gasteiger partial charge on any atom is 0.296 e. The van der Waals surface area contributed by atoms with Crippen LogP contribution >= 0.6 is 0 Å². The summed E-state index contributed by atoms with van der Waals surface area (Å²) in [7, 11) is -5.77. The molecule has 0 bridgehead atoms. The molecule has 4 aromatic heterocycles.